The summed E-state index contributed by atoms with van der Waals surface area (Å²) in [5.41, 5.74) is 0.258. The fourth-order valence-corrected chi connectivity index (χ4v) is 1.23. The van der Waals surface area contributed by atoms with Crippen molar-refractivity contribution in [1.29, 1.82) is 0 Å². The summed E-state index contributed by atoms with van der Waals surface area (Å²) in [4.78, 5) is 10.0. The molecule has 0 bridgehead atoms. The quantitative estimate of drug-likeness (QED) is 0.563. The van der Waals surface area contributed by atoms with Gasteiger partial charge in [-0.1, -0.05) is 0 Å². The second-order valence-electron chi connectivity index (χ2n) is 3.12. The Morgan fingerprint density at radius 1 is 1.57 bits per heavy atom. The van der Waals surface area contributed by atoms with Gasteiger partial charge < -0.3 is 10.2 Å². The zero-order valence-electron chi connectivity index (χ0n) is 7.67. The van der Waals surface area contributed by atoms with Gasteiger partial charge in [0.25, 0.3) is 5.69 Å². The molecule has 1 aromatic carbocycles. The van der Waals surface area contributed by atoms with Gasteiger partial charge in [-0.2, -0.15) is 0 Å². The summed E-state index contributed by atoms with van der Waals surface area (Å²) in [6.07, 6.45) is -0.513. The first-order chi connectivity index (χ1) is 6.50. The highest BCUT2D eigenvalue weighted by molar-refractivity contribution is 5.45. The van der Waals surface area contributed by atoms with Crippen LogP contribution in [0.15, 0.2) is 18.2 Å². The van der Waals surface area contributed by atoms with Crippen molar-refractivity contribution in [2.24, 2.45) is 0 Å². The molecule has 0 heterocycles. The number of nitro groups is 1. The summed E-state index contributed by atoms with van der Waals surface area (Å²) in [5.74, 6) is -0.0359. The average molecular weight is 197 g/mol. The molecule has 0 saturated carbocycles. The minimum Gasteiger partial charge on any atom is -0.508 e. The third kappa shape index (κ3) is 2.43. The van der Waals surface area contributed by atoms with Crippen molar-refractivity contribution < 1.29 is 15.1 Å². The normalized spacial score (nSPS) is 12.4. The van der Waals surface area contributed by atoms with Gasteiger partial charge in [0, 0.05) is 18.1 Å². The topological polar surface area (TPSA) is 83.6 Å². The van der Waals surface area contributed by atoms with Gasteiger partial charge >= 0.3 is 0 Å². The van der Waals surface area contributed by atoms with Gasteiger partial charge in [0.2, 0.25) is 0 Å². The summed E-state index contributed by atoms with van der Waals surface area (Å²) in [6.45, 7) is 1.54. The number of rotatable bonds is 3. The van der Waals surface area contributed by atoms with E-state index in [1.165, 1.54) is 25.1 Å². The maximum absolute atomic E-state index is 10.6. The van der Waals surface area contributed by atoms with E-state index in [2.05, 4.69) is 0 Å². The molecular weight excluding hydrogens is 186 g/mol. The van der Waals surface area contributed by atoms with Gasteiger partial charge in [0.1, 0.15) is 5.75 Å². The Labute approximate surface area is 80.8 Å². The van der Waals surface area contributed by atoms with Gasteiger partial charge in [-0.05, 0) is 19.1 Å². The van der Waals surface area contributed by atoms with E-state index in [1.54, 1.807) is 0 Å². The summed E-state index contributed by atoms with van der Waals surface area (Å²) in [7, 11) is 0. The molecule has 0 amide bonds. The first kappa shape index (κ1) is 10.5. The minimum atomic E-state index is -0.671. The molecule has 14 heavy (non-hydrogen) atoms. The number of aliphatic hydroxyl groups is 1. The van der Waals surface area contributed by atoms with E-state index in [9.17, 15) is 10.1 Å². The van der Waals surface area contributed by atoms with Crippen LogP contribution in [-0.4, -0.2) is 21.2 Å². The lowest BCUT2D eigenvalue weighted by Crippen LogP contribution is -2.06. The molecule has 0 spiro atoms. The van der Waals surface area contributed by atoms with E-state index in [-0.39, 0.29) is 17.9 Å². The van der Waals surface area contributed by atoms with E-state index in [4.69, 9.17) is 10.2 Å². The lowest BCUT2D eigenvalue weighted by molar-refractivity contribution is -0.385. The maximum Gasteiger partial charge on any atom is 0.272 e. The predicted molar refractivity (Wildman–Crippen MR) is 50.1 cm³/mol. The van der Waals surface area contributed by atoms with Crippen LogP contribution in [0, 0.1) is 10.1 Å². The molecule has 5 nitrogen and oxygen atoms in total. The molecule has 0 radical (unpaired) electrons. The van der Waals surface area contributed by atoms with E-state index in [0.717, 1.165) is 0 Å². The largest absolute Gasteiger partial charge is 0.508 e. The van der Waals surface area contributed by atoms with Crippen LogP contribution in [0.2, 0.25) is 0 Å². The average Bonchev–Trinajstić information content (AvgIpc) is 2.01. The van der Waals surface area contributed by atoms with Crippen LogP contribution < -0.4 is 0 Å². The molecule has 5 heteroatoms. The van der Waals surface area contributed by atoms with Crippen molar-refractivity contribution in [2.45, 2.75) is 19.4 Å². The van der Waals surface area contributed by atoms with Crippen molar-refractivity contribution in [3.63, 3.8) is 0 Å². The van der Waals surface area contributed by atoms with Gasteiger partial charge in [0.15, 0.2) is 0 Å². The first-order valence-corrected chi connectivity index (χ1v) is 4.15. The van der Waals surface area contributed by atoms with Crippen LogP contribution in [0.25, 0.3) is 0 Å². The molecule has 0 aliphatic carbocycles. The molecule has 1 rings (SSSR count). The molecule has 76 valence electrons. The van der Waals surface area contributed by atoms with Crippen molar-refractivity contribution in [2.75, 3.05) is 0 Å². The minimum absolute atomic E-state index is 0.0359. The highest BCUT2D eigenvalue weighted by atomic mass is 16.6. The van der Waals surface area contributed by atoms with Crippen LogP contribution in [0.4, 0.5) is 5.69 Å². The van der Waals surface area contributed by atoms with Crippen molar-refractivity contribution in [1.82, 2.24) is 0 Å². The highest BCUT2D eigenvalue weighted by Gasteiger charge is 2.15. The van der Waals surface area contributed by atoms with Gasteiger partial charge in [-0.15, -0.1) is 0 Å². The maximum atomic E-state index is 10.6. The number of nitrogens with zero attached hydrogens (tertiary/aromatic N) is 1. The van der Waals surface area contributed by atoms with Crippen molar-refractivity contribution in [3.8, 4) is 5.75 Å². The van der Waals surface area contributed by atoms with Gasteiger partial charge in [0.05, 0.1) is 11.0 Å². The predicted octanol–water partition coefficient (Wildman–Crippen LogP) is 1.22. The second-order valence-corrected chi connectivity index (χ2v) is 3.12. The Morgan fingerprint density at radius 2 is 2.21 bits per heavy atom. The van der Waals surface area contributed by atoms with Gasteiger partial charge in [-0.3, -0.25) is 10.1 Å². The molecule has 0 fully saturated rings. The van der Waals surface area contributed by atoms with Crippen LogP contribution in [0.5, 0.6) is 5.75 Å². The molecule has 0 aliphatic rings. The number of hydrogen-bond acceptors (Lipinski definition) is 4. The zero-order chi connectivity index (χ0) is 10.7. The Hall–Kier alpha value is -1.62. The molecule has 2 N–H and O–H groups in total. The lowest BCUT2D eigenvalue weighted by atomic mass is 10.1. The fourth-order valence-electron chi connectivity index (χ4n) is 1.23. The molecule has 0 aliphatic heterocycles. The van der Waals surface area contributed by atoms with Crippen molar-refractivity contribution >= 4 is 5.69 Å². The number of aromatic hydroxyl groups is 1. The fraction of sp³-hybridized carbons (Fsp3) is 0.333. The van der Waals surface area contributed by atoms with Crippen LogP contribution in [0.1, 0.15) is 12.5 Å². The molecular formula is C9H11NO4. The van der Waals surface area contributed by atoms with E-state index >= 15 is 0 Å². The Kier molecular flexibility index (Phi) is 3.03. The van der Waals surface area contributed by atoms with E-state index < -0.39 is 11.0 Å². The number of phenols is 1. The summed E-state index contributed by atoms with van der Waals surface area (Å²) >= 11 is 0. The summed E-state index contributed by atoms with van der Waals surface area (Å²) in [6, 6.07) is 3.78. The zero-order valence-corrected chi connectivity index (χ0v) is 7.67. The number of phenolic OH excluding ortho intramolecular Hbond substituents is 1. The second kappa shape index (κ2) is 4.06. The van der Waals surface area contributed by atoms with Crippen molar-refractivity contribution in [3.05, 3.63) is 33.9 Å². The number of aliphatic hydroxyl groups excluding tert-OH is 1. The molecule has 0 saturated heterocycles. The highest BCUT2D eigenvalue weighted by Crippen LogP contribution is 2.24. The first-order valence-electron chi connectivity index (χ1n) is 4.15. The van der Waals surface area contributed by atoms with Crippen LogP contribution in [0.3, 0.4) is 0 Å². The lowest BCUT2D eigenvalue weighted by Gasteiger charge is -2.05. The van der Waals surface area contributed by atoms with Crippen LogP contribution >= 0.6 is 0 Å². The van der Waals surface area contributed by atoms with E-state index in [0.29, 0.717) is 5.56 Å². The molecule has 1 unspecified atom stereocenters. The summed E-state index contributed by atoms with van der Waals surface area (Å²) < 4.78 is 0. The molecule has 1 aromatic rings. The Balaban J connectivity index is 3.09. The third-order valence-electron chi connectivity index (χ3n) is 1.78. The standard InChI is InChI=1S/C9H11NO4/c1-6(11)4-7-5-8(12)2-3-9(7)10(13)14/h2-3,5-6,11-12H,4H2,1H3. The Morgan fingerprint density at radius 3 is 2.71 bits per heavy atom. The smallest absolute Gasteiger partial charge is 0.272 e. The van der Waals surface area contributed by atoms with Gasteiger partial charge in [-0.25, -0.2) is 0 Å². The summed E-state index contributed by atoms with van der Waals surface area (Å²) in [5, 5.41) is 28.8. The SMILES string of the molecule is CC(O)Cc1cc(O)ccc1[N+](=O)[O-]. The third-order valence-corrected chi connectivity index (χ3v) is 1.78. The molecule has 0 aromatic heterocycles. The number of benzene rings is 1. The molecule has 1 atom stereocenters. The van der Waals surface area contributed by atoms with E-state index in [1.807, 2.05) is 0 Å². The monoisotopic (exact) mass is 197 g/mol. The number of nitro benzene ring substituents is 1. The number of hydrogen-bond donors (Lipinski definition) is 2. The Bertz CT molecular complexity index is 349. The van der Waals surface area contributed by atoms with Crippen LogP contribution in [-0.2, 0) is 6.42 Å².